The molecule has 2 aromatic carbocycles. The van der Waals surface area contributed by atoms with Crippen LogP contribution in [0.25, 0.3) is 44.8 Å². The number of hydrogen-bond donors (Lipinski definition) is 4. The lowest BCUT2D eigenvalue weighted by Crippen LogP contribution is -2.14. The molecule has 3 aliphatic rings. The van der Waals surface area contributed by atoms with Crippen LogP contribution in [0.4, 0.5) is 0 Å². The number of aryl methyl sites for hydroxylation is 2. The van der Waals surface area contributed by atoms with Gasteiger partial charge >= 0.3 is 0 Å². The van der Waals surface area contributed by atoms with Crippen LogP contribution in [-0.4, -0.2) is 33.0 Å². The van der Waals surface area contributed by atoms with E-state index < -0.39 is 0 Å². The first-order valence-electron chi connectivity index (χ1n) is 13.6. The first kappa shape index (κ1) is 21.4. The van der Waals surface area contributed by atoms with Crippen LogP contribution in [0.3, 0.4) is 0 Å². The Morgan fingerprint density at radius 2 is 1.43 bits per heavy atom. The topological polar surface area (TPSA) is 94.6 Å². The first-order valence-corrected chi connectivity index (χ1v) is 13.6. The smallest absolute Gasteiger partial charge is 0.138 e. The van der Waals surface area contributed by atoms with E-state index in [4.69, 9.17) is 4.42 Å². The van der Waals surface area contributed by atoms with Crippen LogP contribution in [0, 0.1) is 0 Å². The molecule has 7 heteroatoms. The number of benzene rings is 2. The van der Waals surface area contributed by atoms with Gasteiger partial charge in [0.05, 0.1) is 35.9 Å². The number of rotatable bonds is 4. The predicted molar refractivity (Wildman–Crippen MR) is 144 cm³/mol. The molecular formula is C30H30N6O. The van der Waals surface area contributed by atoms with Crippen molar-refractivity contribution in [2.24, 2.45) is 0 Å². The lowest BCUT2D eigenvalue weighted by atomic mass is 9.88. The number of nitrogens with zero attached hydrogens (tertiary/aromatic N) is 2. The SMILES string of the molecule is c1cc2c(cc1-c1cnc(C3CCCN3)[nH]1)CCc1c-2oc2ccc(-c3cnc(C4CCCN4)[nH]3)cc12. The Morgan fingerprint density at radius 3 is 2.11 bits per heavy atom. The Kier molecular flexibility index (Phi) is 4.88. The van der Waals surface area contributed by atoms with Crippen molar-refractivity contribution in [3.8, 4) is 33.8 Å². The summed E-state index contributed by atoms with van der Waals surface area (Å²) in [7, 11) is 0. The van der Waals surface area contributed by atoms with E-state index in [1.165, 1.54) is 40.5 Å². The molecule has 7 nitrogen and oxygen atoms in total. The molecule has 186 valence electrons. The maximum atomic E-state index is 6.45. The number of nitrogens with one attached hydrogen (secondary N) is 4. The molecular weight excluding hydrogens is 460 g/mol. The third kappa shape index (κ3) is 3.56. The second kappa shape index (κ2) is 8.43. The highest BCUT2D eigenvalue weighted by Gasteiger charge is 2.25. The number of hydrogen-bond acceptors (Lipinski definition) is 5. The van der Waals surface area contributed by atoms with Gasteiger partial charge in [0.1, 0.15) is 23.0 Å². The number of aromatic nitrogens is 4. The normalized spacial score (nSPS) is 21.0. The summed E-state index contributed by atoms with van der Waals surface area (Å²) in [5.74, 6) is 3.10. The Morgan fingerprint density at radius 1 is 0.757 bits per heavy atom. The zero-order chi connectivity index (χ0) is 24.3. The standard InChI is InChI=1S/C30H30N6O/c1-3-23(31-11-1)29-33-15-25(35-29)18-6-8-20-17(13-18)5-9-21-22-14-19(7-10-27(22)37-28(20)21)26-16-34-30(36-26)24-4-2-12-32-24/h6-8,10,13-16,23-24,31-32H,1-5,9,11-12H2,(H,33,35)(H,34,36). The summed E-state index contributed by atoms with van der Waals surface area (Å²) in [5, 5.41) is 8.26. The van der Waals surface area contributed by atoms with Crippen molar-refractivity contribution in [2.75, 3.05) is 13.1 Å². The van der Waals surface area contributed by atoms with Crippen LogP contribution in [0.15, 0.2) is 53.2 Å². The first-order chi connectivity index (χ1) is 18.3. The van der Waals surface area contributed by atoms with Crippen molar-refractivity contribution in [2.45, 2.75) is 50.6 Å². The summed E-state index contributed by atoms with van der Waals surface area (Å²) < 4.78 is 6.45. The fourth-order valence-corrected chi connectivity index (χ4v) is 6.39. The monoisotopic (exact) mass is 490 g/mol. The molecule has 37 heavy (non-hydrogen) atoms. The summed E-state index contributed by atoms with van der Waals surface area (Å²) >= 11 is 0. The van der Waals surface area contributed by atoms with Gasteiger partial charge in [-0.1, -0.05) is 12.1 Å². The van der Waals surface area contributed by atoms with Gasteiger partial charge in [-0.3, -0.25) is 0 Å². The van der Waals surface area contributed by atoms with Crippen molar-refractivity contribution in [3.05, 3.63) is 71.6 Å². The maximum Gasteiger partial charge on any atom is 0.138 e. The molecule has 2 unspecified atom stereocenters. The van der Waals surface area contributed by atoms with Gasteiger partial charge in [0.2, 0.25) is 0 Å². The zero-order valence-corrected chi connectivity index (χ0v) is 20.7. The average Bonchev–Trinajstić information content (AvgIpc) is 3.76. The van der Waals surface area contributed by atoms with Gasteiger partial charge in [-0.05, 0) is 87.0 Å². The Labute approximate surface area is 215 Å². The minimum atomic E-state index is 0.341. The third-order valence-electron chi connectivity index (χ3n) is 8.38. The van der Waals surface area contributed by atoms with Crippen molar-refractivity contribution in [3.63, 3.8) is 0 Å². The summed E-state index contributed by atoms with van der Waals surface area (Å²) in [5.41, 5.74) is 9.28. The second-order valence-electron chi connectivity index (χ2n) is 10.7. The van der Waals surface area contributed by atoms with Crippen LogP contribution in [0.2, 0.25) is 0 Å². The molecule has 2 fully saturated rings. The summed E-state index contributed by atoms with van der Waals surface area (Å²) in [6, 6.07) is 13.9. The molecule has 5 heterocycles. The van der Waals surface area contributed by atoms with E-state index in [0.29, 0.717) is 12.1 Å². The van der Waals surface area contributed by atoms with Crippen molar-refractivity contribution < 1.29 is 4.42 Å². The summed E-state index contributed by atoms with van der Waals surface area (Å²) in [6.07, 6.45) is 10.6. The Hall–Kier alpha value is -3.68. The number of H-pyrrole nitrogens is 2. The van der Waals surface area contributed by atoms with E-state index in [1.54, 1.807) is 0 Å². The molecule has 0 bridgehead atoms. The van der Waals surface area contributed by atoms with Gasteiger partial charge in [-0.2, -0.15) is 0 Å². The molecule has 1 aliphatic carbocycles. The fourth-order valence-electron chi connectivity index (χ4n) is 6.39. The average molecular weight is 491 g/mol. The molecule has 2 saturated heterocycles. The quantitative estimate of drug-likeness (QED) is 0.254. The number of fused-ring (bicyclic) bond motifs is 5. The van der Waals surface area contributed by atoms with E-state index in [0.717, 1.165) is 78.7 Å². The molecule has 0 saturated carbocycles. The van der Waals surface area contributed by atoms with Crippen LogP contribution >= 0.6 is 0 Å². The maximum absolute atomic E-state index is 6.45. The minimum Gasteiger partial charge on any atom is -0.456 e. The highest BCUT2D eigenvalue weighted by atomic mass is 16.3. The lowest BCUT2D eigenvalue weighted by molar-refractivity contribution is 0.613. The summed E-state index contributed by atoms with van der Waals surface area (Å²) in [4.78, 5) is 16.4. The van der Waals surface area contributed by atoms with E-state index in [9.17, 15) is 0 Å². The molecule has 8 rings (SSSR count). The summed E-state index contributed by atoms with van der Waals surface area (Å²) in [6.45, 7) is 2.14. The lowest BCUT2D eigenvalue weighted by Gasteiger charge is -2.16. The van der Waals surface area contributed by atoms with Crippen molar-refractivity contribution in [1.82, 2.24) is 30.6 Å². The highest BCUT2D eigenvalue weighted by molar-refractivity contribution is 5.92. The Balaban J connectivity index is 1.12. The molecule has 2 aliphatic heterocycles. The number of aromatic amines is 2. The molecule has 0 amide bonds. The van der Waals surface area contributed by atoms with E-state index in [2.05, 4.69) is 67.0 Å². The molecule has 3 aromatic heterocycles. The van der Waals surface area contributed by atoms with Gasteiger partial charge in [-0.15, -0.1) is 0 Å². The predicted octanol–water partition coefficient (Wildman–Crippen LogP) is 5.83. The molecule has 2 atom stereocenters. The van der Waals surface area contributed by atoms with E-state index >= 15 is 0 Å². The van der Waals surface area contributed by atoms with Crippen LogP contribution in [-0.2, 0) is 12.8 Å². The molecule has 0 radical (unpaired) electrons. The van der Waals surface area contributed by atoms with Crippen molar-refractivity contribution >= 4 is 11.0 Å². The van der Waals surface area contributed by atoms with Crippen LogP contribution < -0.4 is 10.6 Å². The largest absolute Gasteiger partial charge is 0.456 e. The van der Waals surface area contributed by atoms with Crippen LogP contribution in [0.5, 0.6) is 0 Å². The van der Waals surface area contributed by atoms with E-state index in [-0.39, 0.29) is 0 Å². The van der Waals surface area contributed by atoms with Gasteiger partial charge in [-0.25, -0.2) is 9.97 Å². The minimum absolute atomic E-state index is 0.341. The third-order valence-corrected chi connectivity index (χ3v) is 8.38. The van der Waals surface area contributed by atoms with Crippen LogP contribution in [0.1, 0.15) is 60.5 Å². The fraction of sp³-hybridized carbons (Fsp3) is 0.333. The van der Waals surface area contributed by atoms with E-state index in [1.807, 2.05) is 12.4 Å². The van der Waals surface area contributed by atoms with Gasteiger partial charge in [0.15, 0.2) is 0 Å². The zero-order valence-electron chi connectivity index (χ0n) is 20.7. The second-order valence-corrected chi connectivity index (χ2v) is 10.7. The highest BCUT2D eigenvalue weighted by Crippen LogP contribution is 2.42. The molecule has 0 spiro atoms. The molecule has 4 N–H and O–H groups in total. The Bertz CT molecular complexity index is 1610. The number of furan rings is 1. The van der Waals surface area contributed by atoms with Gasteiger partial charge < -0.3 is 25.0 Å². The number of imidazole rings is 2. The van der Waals surface area contributed by atoms with Gasteiger partial charge in [0.25, 0.3) is 0 Å². The van der Waals surface area contributed by atoms with Crippen molar-refractivity contribution in [1.29, 1.82) is 0 Å². The molecule has 5 aromatic rings. The van der Waals surface area contributed by atoms with Gasteiger partial charge in [0, 0.05) is 22.1 Å².